The first-order valence-corrected chi connectivity index (χ1v) is 13.6. The number of carbonyl (C=O) groups is 1. The van der Waals surface area contributed by atoms with E-state index in [0.717, 1.165) is 54.0 Å². The molecule has 4 aromatic rings. The van der Waals surface area contributed by atoms with E-state index in [-0.39, 0.29) is 16.8 Å². The molecule has 1 unspecified atom stereocenters. The highest BCUT2D eigenvalue weighted by Gasteiger charge is 2.32. The summed E-state index contributed by atoms with van der Waals surface area (Å²) in [6.07, 6.45) is 3.52. The molecule has 1 saturated heterocycles. The average Bonchev–Trinajstić information content (AvgIpc) is 3.53. The Bertz CT molecular complexity index is 1520. The van der Waals surface area contributed by atoms with Crippen molar-refractivity contribution in [2.75, 3.05) is 6.54 Å². The van der Waals surface area contributed by atoms with Gasteiger partial charge in [0.1, 0.15) is 11.6 Å². The number of nitrogens with zero attached hydrogens (tertiary/aromatic N) is 4. The topological polar surface area (TPSA) is 127 Å². The number of aryl methyl sites for hydroxylation is 3. The Balaban J connectivity index is 1.36. The van der Waals surface area contributed by atoms with E-state index in [1.807, 2.05) is 24.0 Å². The van der Waals surface area contributed by atoms with E-state index in [1.54, 1.807) is 6.07 Å². The monoisotopic (exact) mass is 494 g/mol. The lowest BCUT2D eigenvalue weighted by Gasteiger charge is -2.23. The lowest BCUT2D eigenvalue weighted by molar-refractivity contribution is -0.132. The van der Waals surface area contributed by atoms with Gasteiger partial charge in [-0.15, -0.1) is 0 Å². The molecule has 1 aliphatic rings. The molecule has 2 aromatic carbocycles. The quantitative estimate of drug-likeness (QED) is 0.406. The van der Waals surface area contributed by atoms with Gasteiger partial charge < -0.3 is 14.5 Å². The summed E-state index contributed by atoms with van der Waals surface area (Å²) in [4.78, 5) is 28.1. The zero-order chi connectivity index (χ0) is 24.7. The van der Waals surface area contributed by atoms with Crippen LogP contribution in [0.2, 0.25) is 0 Å². The molecule has 1 fully saturated rings. The van der Waals surface area contributed by atoms with Crippen molar-refractivity contribution in [3.63, 3.8) is 0 Å². The number of rotatable bonds is 7. The van der Waals surface area contributed by atoms with Crippen molar-refractivity contribution in [2.24, 2.45) is 5.14 Å². The van der Waals surface area contributed by atoms with E-state index in [2.05, 4.69) is 27.5 Å². The Morgan fingerprint density at radius 1 is 1.17 bits per heavy atom. The maximum Gasteiger partial charge on any atom is 0.238 e. The van der Waals surface area contributed by atoms with Gasteiger partial charge in [0.2, 0.25) is 15.9 Å². The largest absolute Gasteiger partial charge is 0.340 e. The summed E-state index contributed by atoms with van der Waals surface area (Å²) in [6, 6.07) is 10.8. The second-order valence-electron chi connectivity index (χ2n) is 9.26. The minimum absolute atomic E-state index is 0.0368. The number of sulfonamides is 1. The standard InChI is InChI=1S/C25H30N6O3S/c1-3-12-30-21-9-7-17(35(26,33)34)15-20(21)27-23(30)10-11-24(32)31-13-4-5-22(31)25-28-18-8-6-16(2)14-19(18)29-25/h6-9,14-15,22H,3-5,10-13H2,1-2H3,(H,28,29)(H2,26,33,34). The number of likely N-dealkylation sites (tertiary alicyclic amines) is 1. The van der Waals surface area contributed by atoms with E-state index in [1.165, 1.54) is 17.7 Å². The second-order valence-corrected chi connectivity index (χ2v) is 10.8. The first-order valence-electron chi connectivity index (χ1n) is 12.0. The first kappa shape index (κ1) is 23.5. The number of H-pyrrole nitrogens is 1. The lowest BCUT2D eigenvalue weighted by atomic mass is 10.2. The molecular formula is C25H30N6O3S. The minimum Gasteiger partial charge on any atom is -0.340 e. The number of hydrogen-bond acceptors (Lipinski definition) is 5. The van der Waals surface area contributed by atoms with Crippen LogP contribution in [0.1, 0.15) is 55.9 Å². The molecule has 0 radical (unpaired) electrons. The molecule has 10 heteroatoms. The van der Waals surface area contributed by atoms with Gasteiger partial charge in [-0.1, -0.05) is 13.0 Å². The number of carbonyl (C=O) groups excluding carboxylic acids is 1. The van der Waals surface area contributed by atoms with Crippen molar-refractivity contribution >= 4 is 38.0 Å². The summed E-state index contributed by atoms with van der Waals surface area (Å²) in [5.74, 6) is 1.69. The molecule has 3 heterocycles. The van der Waals surface area contributed by atoms with E-state index < -0.39 is 10.0 Å². The van der Waals surface area contributed by atoms with Gasteiger partial charge in [0.15, 0.2) is 0 Å². The summed E-state index contributed by atoms with van der Waals surface area (Å²) in [6.45, 7) is 5.57. The molecule has 1 atom stereocenters. The number of aromatic amines is 1. The predicted molar refractivity (Wildman–Crippen MR) is 134 cm³/mol. The smallest absolute Gasteiger partial charge is 0.238 e. The molecule has 184 valence electrons. The highest BCUT2D eigenvalue weighted by molar-refractivity contribution is 7.89. The van der Waals surface area contributed by atoms with Gasteiger partial charge in [0, 0.05) is 25.9 Å². The van der Waals surface area contributed by atoms with Gasteiger partial charge in [-0.3, -0.25) is 4.79 Å². The molecule has 3 N–H and O–H groups in total. The number of amides is 1. The van der Waals surface area contributed by atoms with Crippen LogP contribution in [0.5, 0.6) is 0 Å². The van der Waals surface area contributed by atoms with Gasteiger partial charge in [0.05, 0.1) is 33.0 Å². The van der Waals surface area contributed by atoms with E-state index in [9.17, 15) is 13.2 Å². The van der Waals surface area contributed by atoms with Crippen LogP contribution < -0.4 is 5.14 Å². The Hall–Kier alpha value is -3.24. The van der Waals surface area contributed by atoms with Crippen molar-refractivity contribution in [3.8, 4) is 0 Å². The zero-order valence-corrected chi connectivity index (χ0v) is 20.8. The summed E-state index contributed by atoms with van der Waals surface area (Å²) in [5, 5.41) is 5.29. The summed E-state index contributed by atoms with van der Waals surface area (Å²) in [7, 11) is -3.81. The van der Waals surface area contributed by atoms with Crippen LogP contribution >= 0.6 is 0 Å². The minimum atomic E-state index is -3.81. The summed E-state index contributed by atoms with van der Waals surface area (Å²) < 4.78 is 25.6. The number of primary sulfonamides is 1. The number of hydrogen-bond donors (Lipinski definition) is 2. The third-order valence-electron chi connectivity index (χ3n) is 6.68. The van der Waals surface area contributed by atoms with Crippen molar-refractivity contribution in [1.82, 2.24) is 24.4 Å². The fourth-order valence-corrected chi connectivity index (χ4v) is 5.55. The normalized spacial score (nSPS) is 16.5. The molecule has 9 nitrogen and oxygen atoms in total. The first-order chi connectivity index (χ1) is 16.7. The molecule has 2 aromatic heterocycles. The zero-order valence-electron chi connectivity index (χ0n) is 20.0. The van der Waals surface area contributed by atoms with Crippen molar-refractivity contribution in [2.45, 2.75) is 63.4 Å². The number of nitrogens with two attached hydrogens (primary N) is 1. The second kappa shape index (κ2) is 9.09. The molecule has 5 rings (SSSR count). The third-order valence-corrected chi connectivity index (χ3v) is 7.59. The van der Waals surface area contributed by atoms with Crippen LogP contribution in [0.15, 0.2) is 41.3 Å². The fourth-order valence-electron chi connectivity index (χ4n) is 5.01. The number of benzene rings is 2. The Morgan fingerprint density at radius 3 is 2.77 bits per heavy atom. The van der Waals surface area contributed by atoms with Gasteiger partial charge in [0.25, 0.3) is 0 Å². The molecular weight excluding hydrogens is 464 g/mol. The Labute approximate surface area is 204 Å². The molecule has 0 aliphatic carbocycles. The van der Waals surface area contributed by atoms with Crippen molar-refractivity contribution in [1.29, 1.82) is 0 Å². The van der Waals surface area contributed by atoms with E-state index >= 15 is 0 Å². The van der Waals surface area contributed by atoms with Crippen molar-refractivity contribution in [3.05, 3.63) is 53.6 Å². The summed E-state index contributed by atoms with van der Waals surface area (Å²) >= 11 is 0. The molecule has 1 aliphatic heterocycles. The number of fused-ring (bicyclic) bond motifs is 2. The number of imidazole rings is 2. The predicted octanol–water partition coefficient (Wildman–Crippen LogP) is 3.57. The van der Waals surface area contributed by atoms with Crippen LogP contribution in [-0.4, -0.2) is 45.3 Å². The number of aromatic nitrogens is 4. The van der Waals surface area contributed by atoms with Gasteiger partial charge in [-0.2, -0.15) is 0 Å². The van der Waals surface area contributed by atoms with E-state index in [0.29, 0.717) is 24.9 Å². The highest BCUT2D eigenvalue weighted by atomic mass is 32.2. The molecule has 1 amide bonds. The summed E-state index contributed by atoms with van der Waals surface area (Å²) in [5.41, 5.74) is 4.49. The molecule has 0 spiro atoms. The molecule has 35 heavy (non-hydrogen) atoms. The number of nitrogens with one attached hydrogen (secondary N) is 1. The van der Waals surface area contributed by atoms with Crippen LogP contribution in [0.4, 0.5) is 0 Å². The maximum atomic E-state index is 13.3. The van der Waals surface area contributed by atoms with Gasteiger partial charge in [-0.25, -0.2) is 23.5 Å². The van der Waals surface area contributed by atoms with Crippen LogP contribution in [0.3, 0.4) is 0 Å². The average molecular weight is 495 g/mol. The van der Waals surface area contributed by atoms with Crippen LogP contribution in [0.25, 0.3) is 22.1 Å². The Kier molecular flexibility index (Phi) is 6.10. The maximum absolute atomic E-state index is 13.3. The molecule has 0 saturated carbocycles. The van der Waals surface area contributed by atoms with Crippen LogP contribution in [0, 0.1) is 6.92 Å². The third kappa shape index (κ3) is 4.55. The SMILES string of the molecule is CCCn1c(CCC(=O)N2CCCC2c2nc3ccc(C)cc3[nH]2)nc2cc(S(N)(=O)=O)ccc21. The van der Waals surface area contributed by atoms with E-state index in [4.69, 9.17) is 10.1 Å². The van der Waals surface area contributed by atoms with Gasteiger partial charge in [-0.05, 0) is 62.1 Å². The highest BCUT2D eigenvalue weighted by Crippen LogP contribution is 2.32. The van der Waals surface area contributed by atoms with Crippen molar-refractivity contribution < 1.29 is 13.2 Å². The van der Waals surface area contributed by atoms with Gasteiger partial charge >= 0.3 is 0 Å². The fraction of sp³-hybridized carbons (Fsp3) is 0.400. The lowest BCUT2D eigenvalue weighted by Crippen LogP contribution is -2.31. The Morgan fingerprint density at radius 2 is 2.00 bits per heavy atom. The van der Waals surface area contributed by atoms with Crippen LogP contribution in [-0.2, 0) is 27.8 Å². The molecule has 0 bridgehead atoms.